The van der Waals surface area contributed by atoms with E-state index in [1.165, 1.54) is 0 Å². The van der Waals surface area contributed by atoms with Gasteiger partial charge in [0.2, 0.25) is 0 Å². The molecule has 0 spiro atoms. The topological polar surface area (TPSA) is 24.1 Å². The molecule has 0 aromatic heterocycles. The van der Waals surface area contributed by atoms with Crippen LogP contribution < -0.4 is 10.6 Å². The van der Waals surface area contributed by atoms with Gasteiger partial charge in [-0.05, 0) is 13.8 Å². The molecule has 0 saturated carbocycles. The first-order valence-electron chi connectivity index (χ1n) is 2.88. The fraction of sp³-hybridized carbons (Fsp3) is 1.00. The van der Waals surface area contributed by atoms with Crippen molar-refractivity contribution in [1.29, 1.82) is 0 Å². The summed E-state index contributed by atoms with van der Waals surface area (Å²) in [5.74, 6) is 0. The van der Waals surface area contributed by atoms with Gasteiger partial charge >= 0.3 is 0 Å². The first-order valence-corrected chi connectivity index (χ1v) is 2.88. The number of halogens is 2. The van der Waals surface area contributed by atoms with E-state index in [2.05, 4.69) is 5.32 Å². The van der Waals surface area contributed by atoms with Crippen LogP contribution in [0.1, 0.15) is 13.8 Å². The van der Waals surface area contributed by atoms with Gasteiger partial charge in [-0.2, -0.15) is 8.78 Å². The fourth-order valence-corrected chi connectivity index (χ4v) is 0.340. The van der Waals surface area contributed by atoms with Crippen molar-refractivity contribution in [2.24, 2.45) is 0 Å². The molecule has 2 nitrogen and oxygen atoms in total. The molecule has 4 heteroatoms. The fourth-order valence-electron chi connectivity index (χ4n) is 0.340. The molecule has 0 saturated heterocycles. The van der Waals surface area contributed by atoms with E-state index in [-0.39, 0.29) is 12.7 Å². The minimum Gasteiger partial charge on any atom is -0.302 e. The van der Waals surface area contributed by atoms with Crippen LogP contribution in [0.5, 0.6) is 0 Å². The van der Waals surface area contributed by atoms with Crippen molar-refractivity contribution in [1.82, 2.24) is 10.6 Å². The van der Waals surface area contributed by atoms with Gasteiger partial charge in [0.1, 0.15) is 0 Å². The molecule has 0 aromatic rings. The number of hydrogen-bond donors (Lipinski definition) is 2. The highest BCUT2D eigenvalue weighted by Gasteiger charge is 1.98. The van der Waals surface area contributed by atoms with E-state index in [1.807, 2.05) is 19.2 Å². The summed E-state index contributed by atoms with van der Waals surface area (Å²) in [4.78, 5) is 0. The van der Waals surface area contributed by atoms with Crippen LogP contribution in [0, 0.1) is 0 Å². The third-order valence-corrected chi connectivity index (χ3v) is 0.767. The summed E-state index contributed by atoms with van der Waals surface area (Å²) in [6.45, 7) is 1.53. The molecule has 0 aliphatic carbocycles. The third-order valence-electron chi connectivity index (χ3n) is 0.767. The molecular formula is C5H12F2N2. The van der Waals surface area contributed by atoms with Crippen molar-refractivity contribution >= 4 is 0 Å². The molecule has 0 fully saturated rings. The van der Waals surface area contributed by atoms with Crippen LogP contribution in [-0.4, -0.2) is 19.3 Å². The minimum atomic E-state index is -2.42. The summed E-state index contributed by atoms with van der Waals surface area (Å²) in [6.07, 6.45) is 0. The molecule has 2 N–H and O–H groups in total. The van der Waals surface area contributed by atoms with Gasteiger partial charge < -0.3 is 5.32 Å². The second-order valence-electron chi connectivity index (χ2n) is 2.04. The molecule has 0 atom stereocenters. The molecule has 9 heavy (non-hydrogen) atoms. The molecule has 56 valence electrons. The van der Waals surface area contributed by atoms with E-state index in [0.29, 0.717) is 0 Å². The van der Waals surface area contributed by atoms with E-state index >= 15 is 0 Å². The van der Waals surface area contributed by atoms with Gasteiger partial charge in [0, 0.05) is 6.04 Å². The van der Waals surface area contributed by atoms with E-state index in [4.69, 9.17) is 0 Å². The van der Waals surface area contributed by atoms with Gasteiger partial charge in [-0.3, -0.25) is 0 Å². The SMILES string of the molecule is CC(C)NCNC(F)F. The maximum Gasteiger partial charge on any atom is 0.293 e. The van der Waals surface area contributed by atoms with Gasteiger partial charge in [-0.15, -0.1) is 0 Å². The number of rotatable bonds is 4. The average molecular weight is 138 g/mol. The highest BCUT2D eigenvalue weighted by Crippen LogP contribution is 1.82. The Morgan fingerprint density at radius 2 is 1.78 bits per heavy atom. The summed E-state index contributed by atoms with van der Waals surface area (Å²) >= 11 is 0. The number of alkyl halides is 2. The molecule has 0 aliphatic rings. The Bertz CT molecular complexity index is 58.0. The van der Waals surface area contributed by atoms with Crippen LogP contribution in [0.2, 0.25) is 0 Å². The normalized spacial score (nSPS) is 11.3. The first kappa shape index (κ1) is 8.78. The first-order chi connectivity index (χ1) is 4.13. The zero-order valence-corrected chi connectivity index (χ0v) is 5.62. The molecule has 0 radical (unpaired) electrons. The van der Waals surface area contributed by atoms with Crippen LogP contribution in [0.15, 0.2) is 0 Å². The molecule has 0 heterocycles. The molecule has 0 aromatic carbocycles. The van der Waals surface area contributed by atoms with Crippen molar-refractivity contribution in [3.63, 3.8) is 0 Å². The van der Waals surface area contributed by atoms with Crippen molar-refractivity contribution in [2.45, 2.75) is 26.4 Å². The number of nitrogens with one attached hydrogen (secondary N) is 2. The summed E-state index contributed by atoms with van der Waals surface area (Å²) in [5.41, 5.74) is 0. The summed E-state index contributed by atoms with van der Waals surface area (Å²) in [5, 5.41) is 4.72. The lowest BCUT2D eigenvalue weighted by Gasteiger charge is -2.07. The molecule has 0 aliphatic heterocycles. The van der Waals surface area contributed by atoms with E-state index in [0.717, 1.165) is 0 Å². The lowest BCUT2D eigenvalue weighted by atomic mass is 10.4. The van der Waals surface area contributed by atoms with Gasteiger partial charge in [0.05, 0.1) is 6.67 Å². The van der Waals surface area contributed by atoms with Crippen LogP contribution in [0.25, 0.3) is 0 Å². The number of hydrogen-bond acceptors (Lipinski definition) is 2. The maximum absolute atomic E-state index is 11.3. The monoisotopic (exact) mass is 138 g/mol. The Kier molecular flexibility index (Phi) is 4.53. The lowest BCUT2D eigenvalue weighted by Crippen LogP contribution is -2.36. The maximum atomic E-state index is 11.3. The Hall–Kier alpha value is -0.220. The van der Waals surface area contributed by atoms with Crippen molar-refractivity contribution in [3.05, 3.63) is 0 Å². The van der Waals surface area contributed by atoms with Crippen molar-refractivity contribution in [2.75, 3.05) is 6.67 Å². The van der Waals surface area contributed by atoms with E-state index in [9.17, 15) is 8.78 Å². The summed E-state index contributed by atoms with van der Waals surface area (Å²) in [7, 11) is 0. The minimum absolute atomic E-state index is 0.162. The average Bonchev–Trinajstić information content (AvgIpc) is 1.63. The van der Waals surface area contributed by atoms with Crippen LogP contribution in [-0.2, 0) is 0 Å². The summed E-state index contributed by atoms with van der Waals surface area (Å²) < 4.78 is 22.7. The predicted octanol–water partition coefficient (Wildman–Crippen LogP) is 0.754. The Balaban J connectivity index is 2.91. The zero-order chi connectivity index (χ0) is 7.28. The van der Waals surface area contributed by atoms with Crippen LogP contribution in [0.3, 0.4) is 0 Å². The Labute approximate surface area is 53.6 Å². The van der Waals surface area contributed by atoms with E-state index < -0.39 is 6.55 Å². The standard InChI is InChI=1S/C5H12F2N2/c1-4(2)8-3-9-5(6)7/h4-5,8-9H,3H2,1-2H3. The van der Waals surface area contributed by atoms with Gasteiger partial charge in [0.25, 0.3) is 6.55 Å². The van der Waals surface area contributed by atoms with Gasteiger partial charge in [-0.1, -0.05) is 0 Å². The second-order valence-corrected chi connectivity index (χ2v) is 2.04. The van der Waals surface area contributed by atoms with Crippen molar-refractivity contribution in [3.8, 4) is 0 Å². The smallest absolute Gasteiger partial charge is 0.293 e. The molecule has 0 unspecified atom stereocenters. The highest BCUT2D eigenvalue weighted by molar-refractivity contribution is 4.49. The van der Waals surface area contributed by atoms with Crippen LogP contribution in [0.4, 0.5) is 8.78 Å². The second kappa shape index (κ2) is 4.64. The highest BCUT2D eigenvalue weighted by atomic mass is 19.3. The Morgan fingerprint density at radius 3 is 2.11 bits per heavy atom. The Morgan fingerprint density at radius 1 is 1.22 bits per heavy atom. The molecule has 0 rings (SSSR count). The molecule has 0 amide bonds. The largest absolute Gasteiger partial charge is 0.302 e. The zero-order valence-electron chi connectivity index (χ0n) is 5.62. The summed E-state index contributed by atoms with van der Waals surface area (Å²) in [6, 6.07) is 0.247. The molecular weight excluding hydrogens is 126 g/mol. The van der Waals surface area contributed by atoms with Gasteiger partial charge in [0.15, 0.2) is 0 Å². The third kappa shape index (κ3) is 7.78. The van der Waals surface area contributed by atoms with Crippen molar-refractivity contribution < 1.29 is 8.78 Å². The quantitative estimate of drug-likeness (QED) is 0.442. The lowest BCUT2D eigenvalue weighted by molar-refractivity contribution is 0.104. The van der Waals surface area contributed by atoms with Gasteiger partial charge in [-0.25, -0.2) is 5.32 Å². The van der Waals surface area contributed by atoms with E-state index in [1.54, 1.807) is 0 Å². The van der Waals surface area contributed by atoms with Crippen LogP contribution >= 0.6 is 0 Å². The molecule has 0 bridgehead atoms. The predicted molar refractivity (Wildman–Crippen MR) is 32.3 cm³/mol.